The third-order valence-corrected chi connectivity index (χ3v) is 8.09. The molecule has 4 rings (SSSR count). The number of benzene rings is 1. The molecule has 1 aromatic rings. The highest BCUT2D eigenvalue weighted by Crippen LogP contribution is 2.64. The van der Waals surface area contributed by atoms with E-state index in [4.69, 9.17) is 0 Å². The maximum absolute atomic E-state index is 11.8. The number of ketones is 1. The number of carbonyl (C=O) groups excluding carboxylic acids is 1. The van der Waals surface area contributed by atoms with Crippen LogP contribution in [0.1, 0.15) is 44.2 Å². The number of Topliss-reactive ketones (excluding diaryl/α,β-unsaturated/α-hetero) is 1. The van der Waals surface area contributed by atoms with Gasteiger partial charge in [0.1, 0.15) is 5.78 Å². The molecule has 3 aliphatic rings. The highest BCUT2D eigenvalue weighted by atomic mass is 79.9. The number of halogens is 1. The number of hydrogen-bond acceptors (Lipinski definition) is 4. The van der Waals surface area contributed by atoms with Crippen molar-refractivity contribution in [1.82, 2.24) is 0 Å². The van der Waals surface area contributed by atoms with Crippen molar-refractivity contribution in [3.05, 3.63) is 33.8 Å². The van der Waals surface area contributed by atoms with Gasteiger partial charge in [-0.2, -0.15) is 0 Å². The smallest absolute Gasteiger partial charge is 0.140 e. The lowest BCUT2D eigenvalue weighted by atomic mass is 9.70. The van der Waals surface area contributed by atoms with Gasteiger partial charge in [0.25, 0.3) is 0 Å². The van der Waals surface area contributed by atoms with Crippen molar-refractivity contribution in [2.24, 2.45) is 16.7 Å². The van der Waals surface area contributed by atoms with Crippen molar-refractivity contribution in [1.29, 1.82) is 0 Å². The Labute approximate surface area is 163 Å². The Balaban J connectivity index is 0.000000158. The highest BCUT2D eigenvalue weighted by Gasteiger charge is 2.64. The second kappa shape index (κ2) is 6.69. The summed E-state index contributed by atoms with van der Waals surface area (Å²) in [6, 6.07) is 7.11. The molecule has 1 aromatic carbocycles. The molecule has 3 N–H and O–H groups in total. The first kappa shape index (κ1) is 20.0. The topological polar surface area (TPSA) is 102 Å². The summed E-state index contributed by atoms with van der Waals surface area (Å²) in [4.78, 5) is 11.8. The van der Waals surface area contributed by atoms with E-state index in [2.05, 4.69) is 39.9 Å². The number of carbonyl (C=O) groups is 1. The number of fused-ring (bicyclic) bond motifs is 3. The summed E-state index contributed by atoms with van der Waals surface area (Å²) >= 11 is 3.46. The van der Waals surface area contributed by atoms with Gasteiger partial charge in [0.2, 0.25) is 0 Å². The van der Waals surface area contributed by atoms with Gasteiger partial charge in [0, 0.05) is 29.2 Å². The highest BCUT2D eigenvalue weighted by molar-refractivity contribution is 9.10. The van der Waals surface area contributed by atoms with Gasteiger partial charge in [-0.1, -0.05) is 35.8 Å². The van der Waals surface area contributed by atoms with E-state index in [1.54, 1.807) is 0 Å². The van der Waals surface area contributed by atoms with Gasteiger partial charge in [-0.25, -0.2) is 8.42 Å². The van der Waals surface area contributed by atoms with E-state index in [9.17, 15) is 17.8 Å². The second-order valence-corrected chi connectivity index (χ2v) is 10.9. The van der Waals surface area contributed by atoms with Crippen molar-refractivity contribution in [3.63, 3.8) is 0 Å². The van der Waals surface area contributed by atoms with E-state index in [1.807, 2.05) is 13.8 Å². The lowest BCUT2D eigenvalue weighted by molar-refractivity contribution is -0.416. The van der Waals surface area contributed by atoms with E-state index in [0.717, 1.165) is 19.3 Å². The number of hydrogen-bond donors (Lipinski definition) is 1. The first-order valence-corrected chi connectivity index (χ1v) is 11.4. The minimum atomic E-state index is -4.33. The van der Waals surface area contributed by atoms with E-state index in [0.29, 0.717) is 18.9 Å². The van der Waals surface area contributed by atoms with Crippen LogP contribution in [0.15, 0.2) is 22.7 Å². The molecule has 0 amide bonds. The Morgan fingerprint density at radius 3 is 2.42 bits per heavy atom. The predicted molar refractivity (Wildman–Crippen MR) is 101 cm³/mol. The van der Waals surface area contributed by atoms with Gasteiger partial charge in [-0.15, -0.1) is 0 Å². The van der Waals surface area contributed by atoms with Crippen LogP contribution in [-0.4, -0.2) is 30.5 Å². The van der Waals surface area contributed by atoms with Gasteiger partial charge < -0.3 is 10.3 Å². The van der Waals surface area contributed by atoms with Gasteiger partial charge >= 0.3 is 0 Å². The average molecular weight is 444 g/mol. The minimum Gasteiger partial charge on any atom is -0.748 e. The van der Waals surface area contributed by atoms with Crippen LogP contribution >= 0.6 is 15.9 Å². The van der Waals surface area contributed by atoms with E-state index >= 15 is 0 Å². The summed E-state index contributed by atoms with van der Waals surface area (Å²) < 4.78 is 33.9. The zero-order valence-electron chi connectivity index (χ0n) is 15.3. The lowest BCUT2D eigenvalue weighted by Gasteiger charge is -2.37. The zero-order valence-corrected chi connectivity index (χ0v) is 17.7. The molecule has 7 heteroatoms. The molecule has 144 valence electrons. The molecule has 3 aliphatic carbocycles. The maximum Gasteiger partial charge on any atom is 0.140 e. The molecule has 3 atom stereocenters. The SMILES string of the molecule is CC1(C)C2CCC1(CS(=O)(=O)[O-])C(=O)C2.[NH3+]C1Cc2ccc(Br)cc2C1. The van der Waals surface area contributed by atoms with Crippen LogP contribution in [0.3, 0.4) is 0 Å². The standard InChI is InChI=1S/C10H16O4S.C9H10BrN/c1-9(2)7-3-4-10(9,8(11)5-7)6-15(12,13)14;10-8-2-1-6-4-9(11)5-7(6)3-8/h7H,3-6H2,1-2H3,(H,12,13,14);1-3,9H,4-5,11H2. The van der Waals surface area contributed by atoms with Gasteiger partial charge in [0.05, 0.1) is 21.9 Å². The van der Waals surface area contributed by atoms with Crippen LogP contribution in [0.5, 0.6) is 0 Å². The Bertz CT molecular complexity index is 836. The molecule has 5 nitrogen and oxygen atoms in total. The predicted octanol–water partition coefficient (Wildman–Crippen LogP) is 2.09. The molecular formula is C19H26BrNO4S. The zero-order chi connectivity index (χ0) is 19.3. The molecular weight excluding hydrogens is 418 g/mol. The lowest BCUT2D eigenvalue weighted by Crippen LogP contribution is -2.61. The van der Waals surface area contributed by atoms with Crippen LogP contribution < -0.4 is 5.73 Å². The minimum absolute atomic E-state index is 0.0248. The van der Waals surface area contributed by atoms with Crippen LogP contribution in [0.4, 0.5) is 0 Å². The van der Waals surface area contributed by atoms with Gasteiger partial charge in [-0.3, -0.25) is 4.79 Å². The summed E-state index contributed by atoms with van der Waals surface area (Å²) in [7, 11) is -4.33. The fraction of sp³-hybridized carbons (Fsp3) is 0.632. The Kier molecular flexibility index (Phi) is 5.14. The summed E-state index contributed by atoms with van der Waals surface area (Å²) in [5, 5.41) is 0. The molecule has 0 aliphatic heterocycles. The molecule has 0 spiro atoms. The largest absolute Gasteiger partial charge is 0.748 e. The van der Waals surface area contributed by atoms with Gasteiger partial charge in [-0.05, 0) is 47.4 Å². The molecule has 0 heterocycles. The van der Waals surface area contributed by atoms with Crippen molar-refractivity contribution in [2.75, 3.05) is 5.75 Å². The maximum atomic E-state index is 11.8. The molecule has 26 heavy (non-hydrogen) atoms. The summed E-state index contributed by atoms with van der Waals surface area (Å²) in [5.74, 6) is -0.280. The third kappa shape index (κ3) is 3.51. The summed E-state index contributed by atoms with van der Waals surface area (Å²) in [6.07, 6.45) is 4.18. The molecule has 0 saturated heterocycles. The number of rotatable bonds is 2. The Morgan fingerprint density at radius 2 is 1.88 bits per heavy atom. The monoisotopic (exact) mass is 443 g/mol. The molecule has 3 unspecified atom stereocenters. The van der Waals surface area contributed by atoms with E-state index < -0.39 is 21.3 Å². The summed E-state index contributed by atoms with van der Waals surface area (Å²) in [5.41, 5.74) is 5.80. The van der Waals surface area contributed by atoms with E-state index in [-0.39, 0.29) is 17.1 Å². The van der Waals surface area contributed by atoms with Crippen LogP contribution in [0.25, 0.3) is 0 Å². The quantitative estimate of drug-likeness (QED) is 0.706. The Hall–Kier alpha value is -0.760. The second-order valence-electron chi connectivity index (χ2n) is 8.56. The van der Waals surface area contributed by atoms with Crippen LogP contribution in [0.2, 0.25) is 0 Å². The van der Waals surface area contributed by atoms with Gasteiger partial charge in [0.15, 0.2) is 0 Å². The van der Waals surface area contributed by atoms with Crippen molar-refractivity contribution in [2.45, 2.75) is 52.0 Å². The number of quaternary nitrogens is 1. The summed E-state index contributed by atoms with van der Waals surface area (Å²) in [6.45, 7) is 3.83. The average Bonchev–Trinajstić information content (AvgIpc) is 3.03. The molecule has 2 saturated carbocycles. The van der Waals surface area contributed by atoms with E-state index in [1.165, 1.54) is 15.6 Å². The third-order valence-electron chi connectivity index (χ3n) is 6.75. The first-order valence-electron chi connectivity index (χ1n) is 9.02. The normalized spacial score (nSPS) is 31.5. The van der Waals surface area contributed by atoms with Crippen molar-refractivity contribution in [3.8, 4) is 0 Å². The Morgan fingerprint density at radius 1 is 1.23 bits per heavy atom. The van der Waals surface area contributed by atoms with Crippen LogP contribution in [-0.2, 0) is 27.8 Å². The first-order chi connectivity index (χ1) is 11.9. The molecule has 2 bridgehead atoms. The van der Waals surface area contributed by atoms with Crippen LogP contribution in [0, 0.1) is 16.7 Å². The van der Waals surface area contributed by atoms with Crippen molar-refractivity contribution >= 4 is 31.8 Å². The van der Waals surface area contributed by atoms with Crippen molar-refractivity contribution < 1.29 is 23.5 Å². The molecule has 0 aromatic heterocycles. The molecule has 2 fully saturated rings. The molecule has 0 radical (unpaired) electrons. The fourth-order valence-corrected chi connectivity index (χ4v) is 6.78. The fourth-order valence-electron chi connectivity index (χ4n) is 5.09.